The summed E-state index contributed by atoms with van der Waals surface area (Å²) in [5.41, 5.74) is 3.04. The van der Waals surface area contributed by atoms with Crippen molar-refractivity contribution in [3.05, 3.63) is 83.7 Å². The first-order chi connectivity index (χ1) is 16.9. The van der Waals surface area contributed by atoms with Crippen molar-refractivity contribution in [2.24, 2.45) is 0 Å². The van der Waals surface area contributed by atoms with Crippen LogP contribution in [0.4, 0.5) is 5.13 Å². The summed E-state index contributed by atoms with van der Waals surface area (Å²) >= 11 is 1.44. The molecule has 1 amide bonds. The third-order valence-electron chi connectivity index (χ3n) is 5.76. The Balaban J connectivity index is 1.47. The number of carbonyl (C=O) groups is 1. The maximum absolute atomic E-state index is 13.6. The van der Waals surface area contributed by atoms with Crippen molar-refractivity contribution in [2.75, 3.05) is 31.2 Å². The molecule has 0 radical (unpaired) electrons. The van der Waals surface area contributed by atoms with Crippen molar-refractivity contribution in [3.8, 4) is 0 Å². The van der Waals surface area contributed by atoms with Gasteiger partial charge in [0.05, 0.1) is 40.6 Å². The molecule has 180 valence electrons. The van der Waals surface area contributed by atoms with Crippen LogP contribution in [0.25, 0.3) is 10.2 Å². The average Bonchev–Trinajstić information content (AvgIpc) is 3.31. The van der Waals surface area contributed by atoms with E-state index >= 15 is 0 Å². The van der Waals surface area contributed by atoms with Crippen LogP contribution >= 0.6 is 11.3 Å². The molecule has 0 saturated carbocycles. The predicted octanol–water partition coefficient (Wildman–Crippen LogP) is 3.87. The molecule has 1 aliphatic heterocycles. The molecule has 1 fully saturated rings. The van der Waals surface area contributed by atoms with E-state index in [2.05, 4.69) is 4.98 Å². The molecular formula is C25H24N4O4S2. The molecule has 0 unspecified atom stereocenters. The molecule has 1 saturated heterocycles. The number of morpholine rings is 1. The third-order valence-corrected chi connectivity index (χ3v) is 8.72. The monoisotopic (exact) mass is 508 g/mol. The van der Waals surface area contributed by atoms with Crippen LogP contribution in [0.1, 0.15) is 21.6 Å². The Morgan fingerprint density at radius 2 is 1.86 bits per heavy atom. The number of hydrogen-bond acceptors (Lipinski definition) is 7. The molecule has 0 spiro atoms. The Labute approximate surface area is 207 Å². The number of aromatic nitrogens is 2. The number of sulfonamides is 1. The number of hydrogen-bond donors (Lipinski definition) is 0. The van der Waals surface area contributed by atoms with Gasteiger partial charge in [0.2, 0.25) is 10.0 Å². The summed E-state index contributed by atoms with van der Waals surface area (Å²) in [7, 11) is -3.64. The number of pyridine rings is 1. The van der Waals surface area contributed by atoms with E-state index in [0.717, 1.165) is 21.5 Å². The summed E-state index contributed by atoms with van der Waals surface area (Å²) in [6.07, 6.45) is 1.69. The van der Waals surface area contributed by atoms with E-state index in [9.17, 15) is 13.2 Å². The van der Waals surface area contributed by atoms with Gasteiger partial charge in [0.25, 0.3) is 5.91 Å². The highest BCUT2D eigenvalue weighted by molar-refractivity contribution is 7.89. The molecule has 8 nitrogen and oxygen atoms in total. The number of aryl methyl sites for hydroxylation is 1. The zero-order chi connectivity index (χ0) is 24.4. The average molecular weight is 509 g/mol. The fraction of sp³-hybridized carbons (Fsp3) is 0.240. The SMILES string of the molecule is Cc1ccc2nc(N(Cc3ccccn3)C(=O)c3ccc(S(=O)(=O)N4CCOCC4)cc3)sc2c1. The van der Waals surface area contributed by atoms with Gasteiger partial charge in [-0.15, -0.1) is 0 Å². The maximum Gasteiger partial charge on any atom is 0.260 e. The zero-order valence-corrected chi connectivity index (χ0v) is 20.8. The number of carbonyl (C=O) groups excluding carboxylic acids is 1. The lowest BCUT2D eigenvalue weighted by molar-refractivity contribution is 0.0730. The van der Waals surface area contributed by atoms with Gasteiger partial charge in [-0.3, -0.25) is 14.7 Å². The number of amides is 1. The van der Waals surface area contributed by atoms with Crippen molar-refractivity contribution in [1.82, 2.24) is 14.3 Å². The Bertz CT molecular complexity index is 1450. The van der Waals surface area contributed by atoms with Crippen molar-refractivity contribution >= 4 is 42.6 Å². The van der Waals surface area contributed by atoms with Crippen molar-refractivity contribution < 1.29 is 17.9 Å². The zero-order valence-electron chi connectivity index (χ0n) is 19.1. The smallest absolute Gasteiger partial charge is 0.260 e. The van der Waals surface area contributed by atoms with Crippen LogP contribution in [0.5, 0.6) is 0 Å². The number of rotatable bonds is 6. The molecule has 2 aromatic carbocycles. The summed E-state index contributed by atoms with van der Waals surface area (Å²) in [4.78, 5) is 24.5. The second-order valence-electron chi connectivity index (χ2n) is 8.22. The first-order valence-electron chi connectivity index (χ1n) is 11.2. The Morgan fingerprint density at radius 3 is 2.57 bits per heavy atom. The van der Waals surface area contributed by atoms with Crippen molar-refractivity contribution in [3.63, 3.8) is 0 Å². The molecule has 0 bridgehead atoms. The largest absolute Gasteiger partial charge is 0.379 e. The highest BCUT2D eigenvalue weighted by Gasteiger charge is 2.27. The van der Waals surface area contributed by atoms with Gasteiger partial charge in [-0.2, -0.15) is 4.31 Å². The Kier molecular flexibility index (Phi) is 6.61. The lowest BCUT2D eigenvalue weighted by Crippen LogP contribution is -2.40. The van der Waals surface area contributed by atoms with E-state index in [4.69, 9.17) is 9.72 Å². The van der Waals surface area contributed by atoms with E-state index in [0.29, 0.717) is 37.0 Å². The normalized spacial score (nSPS) is 14.8. The summed E-state index contributed by atoms with van der Waals surface area (Å²) in [5.74, 6) is -0.276. The Morgan fingerprint density at radius 1 is 1.09 bits per heavy atom. The number of ether oxygens (including phenoxy) is 1. The van der Waals surface area contributed by atoms with Gasteiger partial charge in [-0.05, 0) is 61.0 Å². The van der Waals surface area contributed by atoms with E-state index in [1.165, 1.54) is 27.8 Å². The predicted molar refractivity (Wildman–Crippen MR) is 135 cm³/mol. The summed E-state index contributed by atoms with van der Waals surface area (Å²) in [6.45, 7) is 3.64. The standard InChI is InChI=1S/C25H24N4O4S2/c1-18-5-10-22-23(16-18)34-25(27-22)29(17-20-4-2-3-11-26-20)24(30)19-6-8-21(9-7-19)35(31,32)28-12-14-33-15-13-28/h2-11,16H,12-15,17H2,1H3. The summed E-state index contributed by atoms with van der Waals surface area (Å²) < 4.78 is 33.6. The van der Waals surface area contributed by atoms with Gasteiger partial charge >= 0.3 is 0 Å². The lowest BCUT2D eigenvalue weighted by atomic mass is 10.2. The van der Waals surface area contributed by atoms with Crippen LogP contribution in [0.2, 0.25) is 0 Å². The Hall–Kier alpha value is -3.18. The van der Waals surface area contributed by atoms with Crippen LogP contribution < -0.4 is 4.90 Å². The molecule has 0 aliphatic carbocycles. The fourth-order valence-electron chi connectivity index (χ4n) is 3.88. The molecule has 5 rings (SSSR count). The molecule has 10 heteroatoms. The second kappa shape index (κ2) is 9.82. The molecular weight excluding hydrogens is 484 g/mol. The minimum absolute atomic E-state index is 0.155. The van der Waals surface area contributed by atoms with Gasteiger partial charge in [-0.25, -0.2) is 13.4 Å². The minimum Gasteiger partial charge on any atom is -0.379 e. The van der Waals surface area contributed by atoms with E-state index in [1.54, 1.807) is 23.2 Å². The number of thiazole rings is 1. The maximum atomic E-state index is 13.6. The second-order valence-corrected chi connectivity index (χ2v) is 11.2. The quantitative estimate of drug-likeness (QED) is 0.393. The fourth-order valence-corrected chi connectivity index (χ4v) is 6.35. The van der Waals surface area contributed by atoms with E-state index < -0.39 is 10.0 Å². The van der Waals surface area contributed by atoms with Crippen LogP contribution in [0.3, 0.4) is 0 Å². The van der Waals surface area contributed by atoms with Crippen LogP contribution in [-0.2, 0) is 21.3 Å². The molecule has 0 atom stereocenters. The van der Waals surface area contributed by atoms with Gasteiger partial charge in [0.15, 0.2) is 5.13 Å². The van der Waals surface area contributed by atoms with Crippen LogP contribution in [0, 0.1) is 6.92 Å². The van der Waals surface area contributed by atoms with Crippen molar-refractivity contribution in [2.45, 2.75) is 18.4 Å². The van der Waals surface area contributed by atoms with Crippen LogP contribution in [0.15, 0.2) is 71.8 Å². The molecule has 2 aromatic heterocycles. The van der Waals surface area contributed by atoms with Gasteiger partial charge < -0.3 is 4.74 Å². The van der Waals surface area contributed by atoms with E-state index in [1.807, 2.05) is 43.3 Å². The first-order valence-corrected chi connectivity index (χ1v) is 13.4. The number of anilines is 1. The summed E-state index contributed by atoms with van der Waals surface area (Å²) in [6, 6.07) is 17.6. The van der Waals surface area contributed by atoms with Gasteiger partial charge in [0, 0.05) is 24.8 Å². The lowest BCUT2D eigenvalue weighted by Gasteiger charge is -2.26. The molecule has 3 heterocycles. The molecule has 35 heavy (non-hydrogen) atoms. The molecule has 0 N–H and O–H groups in total. The highest BCUT2D eigenvalue weighted by atomic mass is 32.2. The number of benzene rings is 2. The summed E-state index contributed by atoms with van der Waals surface area (Å²) in [5, 5.41) is 0.561. The number of nitrogens with zero attached hydrogens (tertiary/aromatic N) is 4. The highest BCUT2D eigenvalue weighted by Crippen LogP contribution is 2.31. The minimum atomic E-state index is -3.64. The van der Waals surface area contributed by atoms with Gasteiger partial charge in [-0.1, -0.05) is 23.5 Å². The van der Waals surface area contributed by atoms with Crippen LogP contribution in [-0.4, -0.2) is 54.9 Å². The van der Waals surface area contributed by atoms with E-state index in [-0.39, 0.29) is 17.3 Å². The molecule has 1 aliphatic rings. The topological polar surface area (TPSA) is 92.7 Å². The van der Waals surface area contributed by atoms with Gasteiger partial charge in [0.1, 0.15) is 0 Å². The van der Waals surface area contributed by atoms with Crippen molar-refractivity contribution in [1.29, 1.82) is 0 Å². The molecule has 4 aromatic rings. The number of fused-ring (bicyclic) bond motifs is 1. The first kappa shape index (κ1) is 23.6. The third kappa shape index (κ3) is 4.96.